The third-order valence-electron chi connectivity index (χ3n) is 2.57. The van der Waals surface area contributed by atoms with Crippen LogP contribution in [0, 0.1) is 0 Å². The van der Waals surface area contributed by atoms with Gasteiger partial charge in [-0.2, -0.15) is 0 Å². The highest BCUT2D eigenvalue weighted by Crippen LogP contribution is 2.16. The Hall–Kier alpha value is -2.01. The molecule has 0 spiro atoms. The van der Waals surface area contributed by atoms with Gasteiger partial charge in [0, 0.05) is 12.7 Å². The lowest BCUT2D eigenvalue weighted by Crippen LogP contribution is -2.06. The molecule has 2 aromatic rings. The predicted octanol–water partition coefficient (Wildman–Crippen LogP) is 1.43. The third-order valence-corrected chi connectivity index (χ3v) is 2.57. The van der Waals surface area contributed by atoms with Gasteiger partial charge in [-0.05, 0) is 24.3 Å². The molecule has 0 saturated carbocycles. The molecule has 1 aromatic heterocycles. The summed E-state index contributed by atoms with van der Waals surface area (Å²) >= 11 is 0. The minimum absolute atomic E-state index is 0.465. The summed E-state index contributed by atoms with van der Waals surface area (Å²) in [7, 11) is 1.64. The number of rotatable bonds is 6. The van der Waals surface area contributed by atoms with E-state index in [9.17, 15) is 0 Å². The van der Waals surface area contributed by atoms with Crippen molar-refractivity contribution in [1.82, 2.24) is 9.55 Å². The highest BCUT2D eigenvalue weighted by Gasteiger charge is 1.98. The molecule has 0 unspecified atom stereocenters. The Balaban J connectivity index is 1.80. The molecule has 0 saturated heterocycles. The van der Waals surface area contributed by atoms with E-state index in [4.69, 9.17) is 15.2 Å². The zero-order chi connectivity index (χ0) is 12.8. The first kappa shape index (κ1) is 12.4. The van der Waals surface area contributed by atoms with Crippen molar-refractivity contribution < 1.29 is 9.47 Å². The molecule has 0 aliphatic rings. The molecule has 2 rings (SSSR count). The fourth-order valence-corrected chi connectivity index (χ4v) is 1.57. The van der Waals surface area contributed by atoms with Gasteiger partial charge in [-0.15, -0.1) is 0 Å². The number of methoxy groups -OCH3 is 1. The molecule has 5 nitrogen and oxygen atoms in total. The number of hydrogen-bond acceptors (Lipinski definition) is 4. The van der Waals surface area contributed by atoms with Gasteiger partial charge in [-0.25, -0.2) is 4.98 Å². The Morgan fingerprint density at radius 1 is 1.22 bits per heavy atom. The molecule has 18 heavy (non-hydrogen) atoms. The maximum Gasteiger partial charge on any atom is 0.119 e. The molecule has 0 aliphatic carbocycles. The summed E-state index contributed by atoms with van der Waals surface area (Å²) < 4.78 is 12.7. The van der Waals surface area contributed by atoms with Gasteiger partial charge < -0.3 is 19.8 Å². The van der Waals surface area contributed by atoms with Gasteiger partial charge in [0.2, 0.25) is 0 Å². The van der Waals surface area contributed by atoms with E-state index in [1.807, 2.05) is 35.0 Å². The number of aromatic nitrogens is 2. The topological polar surface area (TPSA) is 62.3 Å². The second-order valence-corrected chi connectivity index (χ2v) is 3.83. The Kier molecular flexibility index (Phi) is 4.20. The highest BCUT2D eigenvalue weighted by atomic mass is 16.5. The molecule has 96 valence electrons. The number of nitrogens with zero attached hydrogens (tertiary/aromatic N) is 2. The van der Waals surface area contributed by atoms with E-state index in [1.54, 1.807) is 13.4 Å². The van der Waals surface area contributed by atoms with Crippen molar-refractivity contribution in [1.29, 1.82) is 0 Å². The zero-order valence-electron chi connectivity index (χ0n) is 10.4. The van der Waals surface area contributed by atoms with Crippen LogP contribution in [0.25, 0.3) is 0 Å². The lowest BCUT2D eigenvalue weighted by molar-refractivity contribution is 0.297. The van der Waals surface area contributed by atoms with E-state index in [1.165, 1.54) is 0 Å². The van der Waals surface area contributed by atoms with Gasteiger partial charge in [0.15, 0.2) is 0 Å². The van der Waals surface area contributed by atoms with Crippen LogP contribution in [-0.2, 0) is 13.1 Å². The second kappa shape index (κ2) is 6.07. The van der Waals surface area contributed by atoms with Crippen LogP contribution in [-0.4, -0.2) is 23.3 Å². The van der Waals surface area contributed by atoms with Gasteiger partial charge in [-0.3, -0.25) is 0 Å². The molecule has 1 aromatic carbocycles. The van der Waals surface area contributed by atoms with E-state index >= 15 is 0 Å². The van der Waals surface area contributed by atoms with Crippen molar-refractivity contribution in [2.75, 3.05) is 13.7 Å². The molecule has 5 heteroatoms. The molecule has 0 bridgehead atoms. The van der Waals surface area contributed by atoms with Crippen LogP contribution >= 0.6 is 0 Å². The second-order valence-electron chi connectivity index (χ2n) is 3.83. The van der Waals surface area contributed by atoms with Gasteiger partial charge in [0.1, 0.15) is 18.1 Å². The maximum absolute atomic E-state index is 5.62. The summed E-state index contributed by atoms with van der Waals surface area (Å²) in [5.41, 5.74) is 6.38. The summed E-state index contributed by atoms with van der Waals surface area (Å²) in [6, 6.07) is 7.52. The van der Waals surface area contributed by atoms with E-state index < -0.39 is 0 Å². The van der Waals surface area contributed by atoms with E-state index in [-0.39, 0.29) is 0 Å². The van der Waals surface area contributed by atoms with Gasteiger partial charge >= 0.3 is 0 Å². The maximum atomic E-state index is 5.62. The Labute approximate surface area is 106 Å². The van der Waals surface area contributed by atoms with Crippen molar-refractivity contribution in [3.8, 4) is 11.5 Å². The molecule has 1 heterocycles. The largest absolute Gasteiger partial charge is 0.497 e. The van der Waals surface area contributed by atoms with Crippen LogP contribution in [0.2, 0.25) is 0 Å². The average molecular weight is 247 g/mol. The fourth-order valence-electron chi connectivity index (χ4n) is 1.57. The SMILES string of the molecule is COc1ccc(OCCn2cnc(CN)c2)cc1. The molecule has 2 N–H and O–H groups in total. The summed E-state index contributed by atoms with van der Waals surface area (Å²) in [6.45, 7) is 1.80. The van der Waals surface area contributed by atoms with Crippen molar-refractivity contribution in [2.24, 2.45) is 5.73 Å². The van der Waals surface area contributed by atoms with Crippen LogP contribution < -0.4 is 15.2 Å². The number of ether oxygens (including phenoxy) is 2. The Morgan fingerprint density at radius 3 is 2.56 bits per heavy atom. The minimum atomic E-state index is 0.465. The fraction of sp³-hybridized carbons (Fsp3) is 0.308. The van der Waals surface area contributed by atoms with Gasteiger partial charge in [-0.1, -0.05) is 0 Å². The molecule has 0 amide bonds. The first-order valence-electron chi connectivity index (χ1n) is 5.79. The summed E-state index contributed by atoms with van der Waals surface area (Å²) in [6.07, 6.45) is 3.69. The monoisotopic (exact) mass is 247 g/mol. The molecule has 0 atom stereocenters. The first-order valence-corrected chi connectivity index (χ1v) is 5.79. The van der Waals surface area contributed by atoms with Gasteiger partial charge in [0.05, 0.1) is 25.7 Å². The quantitative estimate of drug-likeness (QED) is 0.838. The summed E-state index contributed by atoms with van der Waals surface area (Å²) in [5, 5.41) is 0. The zero-order valence-corrected chi connectivity index (χ0v) is 10.4. The standard InChI is InChI=1S/C13H17N3O2/c1-17-12-2-4-13(5-3-12)18-7-6-16-9-11(8-14)15-10-16/h2-5,9-10H,6-8,14H2,1H3. The van der Waals surface area contributed by atoms with Crippen LogP contribution in [0.4, 0.5) is 0 Å². The van der Waals surface area contributed by atoms with E-state index in [0.29, 0.717) is 13.2 Å². The van der Waals surface area contributed by atoms with Crippen molar-refractivity contribution in [2.45, 2.75) is 13.1 Å². The lowest BCUT2D eigenvalue weighted by atomic mass is 10.3. The summed E-state index contributed by atoms with van der Waals surface area (Å²) in [4.78, 5) is 4.15. The van der Waals surface area contributed by atoms with Crippen molar-refractivity contribution in [3.63, 3.8) is 0 Å². The highest BCUT2D eigenvalue weighted by molar-refractivity contribution is 5.31. The number of benzene rings is 1. The smallest absolute Gasteiger partial charge is 0.119 e. The molecular formula is C13H17N3O2. The van der Waals surface area contributed by atoms with Crippen molar-refractivity contribution >= 4 is 0 Å². The third kappa shape index (κ3) is 3.24. The van der Waals surface area contributed by atoms with E-state index in [2.05, 4.69) is 4.98 Å². The first-order chi connectivity index (χ1) is 8.81. The molecule has 0 fully saturated rings. The normalized spacial score (nSPS) is 10.3. The van der Waals surface area contributed by atoms with E-state index in [0.717, 1.165) is 23.7 Å². The number of imidazole rings is 1. The number of nitrogens with two attached hydrogens (primary N) is 1. The van der Waals surface area contributed by atoms with Gasteiger partial charge in [0.25, 0.3) is 0 Å². The molecular weight excluding hydrogens is 230 g/mol. The van der Waals surface area contributed by atoms with Crippen LogP contribution in [0.5, 0.6) is 11.5 Å². The van der Waals surface area contributed by atoms with Crippen LogP contribution in [0.15, 0.2) is 36.8 Å². The Morgan fingerprint density at radius 2 is 1.94 bits per heavy atom. The number of hydrogen-bond donors (Lipinski definition) is 1. The Bertz CT molecular complexity index is 479. The average Bonchev–Trinajstić information content (AvgIpc) is 2.87. The summed E-state index contributed by atoms with van der Waals surface area (Å²) in [5.74, 6) is 1.65. The minimum Gasteiger partial charge on any atom is -0.497 e. The van der Waals surface area contributed by atoms with Crippen LogP contribution in [0.1, 0.15) is 5.69 Å². The lowest BCUT2D eigenvalue weighted by Gasteiger charge is -2.07. The molecule has 0 radical (unpaired) electrons. The molecule has 0 aliphatic heterocycles. The van der Waals surface area contributed by atoms with Crippen molar-refractivity contribution in [3.05, 3.63) is 42.5 Å². The van der Waals surface area contributed by atoms with Crippen LogP contribution in [0.3, 0.4) is 0 Å². The predicted molar refractivity (Wildman–Crippen MR) is 68.6 cm³/mol.